The summed E-state index contributed by atoms with van der Waals surface area (Å²) in [5.74, 6) is 0.283. The van der Waals surface area contributed by atoms with Crippen LogP contribution in [0.25, 0.3) is 0 Å². The highest BCUT2D eigenvalue weighted by molar-refractivity contribution is 5.96. The fourth-order valence-electron chi connectivity index (χ4n) is 4.31. The Kier molecular flexibility index (Phi) is 3.26. The topological polar surface area (TPSA) is 37.1 Å². The summed E-state index contributed by atoms with van der Waals surface area (Å²) >= 11 is 0. The highest BCUT2D eigenvalue weighted by atomic mass is 19.1. The predicted molar refractivity (Wildman–Crippen MR) is 80.9 cm³/mol. The normalized spacial score (nSPS) is 32.8. The average Bonchev–Trinajstić information content (AvgIpc) is 2.97. The molecule has 1 N–H and O–H groups in total. The van der Waals surface area contributed by atoms with E-state index in [1.54, 1.807) is 17.1 Å². The highest BCUT2D eigenvalue weighted by Gasteiger charge is 2.54. The summed E-state index contributed by atoms with van der Waals surface area (Å²) in [6.45, 7) is 4.12. The Bertz CT molecular complexity index is 637. The molecule has 5 heteroatoms. The molecular formula is C17H21FN3O+. The third-order valence-corrected chi connectivity index (χ3v) is 5.36. The Labute approximate surface area is 129 Å². The van der Waals surface area contributed by atoms with Crippen LogP contribution in [-0.2, 0) is 4.79 Å². The molecule has 0 aromatic heterocycles. The van der Waals surface area contributed by atoms with Crippen LogP contribution in [0.3, 0.4) is 0 Å². The summed E-state index contributed by atoms with van der Waals surface area (Å²) in [6.07, 6.45) is 2.75. The molecule has 116 valence electrons. The fourth-order valence-corrected chi connectivity index (χ4v) is 4.31. The molecule has 2 atom stereocenters. The Morgan fingerprint density at radius 1 is 1.41 bits per heavy atom. The molecule has 0 unspecified atom stereocenters. The molecule has 22 heavy (non-hydrogen) atoms. The van der Waals surface area contributed by atoms with Crippen molar-refractivity contribution in [3.05, 3.63) is 35.6 Å². The number of fused-ring (bicyclic) bond motifs is 2. The van der Waals surface area contributed by atoms with Crippen molar-refractivity contribution in [2.24, 2.45) is 11.0 Å². The molecule has 0 aliphatic carbocycles. The molecule has 1 aromatic carbocycles. The van der Waals surface area contributed by atoms with Gasteiger partial charge >= 0.3 is 0 Å². The van der Waals surface area contributed by atoms with Crippen LogP contribution in [0.1, 0.15) is 37.8 Å². The molecular weight excluding hydrogens is 281 g/mol. The minimum absolute atomic E-state index is 0.0242. The van der Waals surface area contributed by atoms with E-state index in [9.17, 15) is 9.18 Å². The fraction of sp³-hybridized carbons (Fsp3) is 0.529. The van der Waals surface area contributed by atoms with Gasteiger partial charge in [0, 0.05) is 25.2 Å². The predicted octanol–water partition coefficient (Wildman–Crippen LogP) is 1.15. The lowest BCUT2D eigenvalue weighted by Gasteiger charge is -2.42. The number of nitrogens with one attached hydrogen (secondary N) is 1. The van der Waals surface area contributed by atoms with Crippen molar-refractivity contribution in [2.75, 3.05) is 13.1 Å². The Morgan fingerprint density at radius 2 is 2.18 bits per heavy atom. The molecule has 4 aliphatic heterocycles. The number of rotatable bonds is 2. The van der Waals surface area contributed by atoms with Crippen LogP contribution in [-0.4, -0.2) is 35.8 Å². The number of amides is 1. The second kappa shape index (κ2) is 5.16. The van der Waals surface area contributed by atoms with Crippen molar-refractivity contribution >= 4 is 11.6 Å². The van der Waals surface area contributed by atoms with Gasteiger partial charge in [0.2, 0.25) is 5.91 Å². The van der Waals surface area contributed by atoms with Crippen LogP contribution in [0.15, 0.2) is 29.4 Å². The van der Waals surface area contributed by atoms with E-state index in [0.717, 1.165) is 31.5 Å². The second-order valence-electron chi connectivity index (χ2n) is 6.53. The maximum Gasteiger partial charge on any atom is 0.243 e. The second-order valence-corrected chi connectivity index (χ2v) is 6.53. The van der Waals surface area contributed by atoms with Crippen LogP contribution in [0.2, 0.25) is 0 Å². The molecule has 0 radical (unpaired) electrons. The zero-order valence-corrected chi connectivity index (χ0v) is 12.8. The molecule has 3 saturated heterocycles. The van der Waals surface area contributed by atoms with Gasteiger partial charge in [0.15, 0.2) is 6.04 Å². The Balaban J connectivity index is 1.78. The minimum atomic E-state index is -0.249. The Morgan fingerprint density at radius 3 is 2.86 bits per heavy atom. The van der Waals surface area contributed by atoms with E-state index in [-0.39, 0.29) is 23.8 Å². The maximum atomic E-state index is 13.7. The first-order valence-electron chi connectivity index (χ1n) is 8.19. The third-order valence-electron chi connectivity index (χ3n) is 5.36. The number of carbonyl (C=O) groups excluding carboxylic acids is 1. The van der Waals surface area contributed by atoms with E-state index in [1.165, 1.54) is 16.7 Å². The van der Waals surface area contributed by atoms with Crippen LogP contribution in [0.5, 0.6) is 0 Å². The van der Waals surface area contributed by atoms with Crippen molar-refractivity contribution in [3.63, 3.8) is 0 Å². The number of carbonyl (C=O) groups is 1. The molecule has 1 amide bonds. The van der Waals surface area contributed by atoms with Gasteiger partial charge in [0.25, 0.3) is 0 Å². The quantitative estimate of drug-likeness (QED) is 0.874. The molecule has 1 aromatic rings. The van der Waals surface area contributed by atoms with Gasteiger partial charge in [-0.05, 0) is 17.7 Å². The van der Waals surface area contributed by atoms with E-state index in [1.807, 2.05) is 13.0 Å². The van der Waals surface area contributed by atoms with Gasteiger partial charge in [0.1, 0.15) is 17.6 Å². The summed E-state index contributed by atoms with van der Waals surface area (Å²) < 4.78 is 13.7. The van der Waals surface area contributed by atoms with Gasteiger partial charge in [-0.2, -0.15) is 5.10 Å². The zero-order chi connectivity index (χ0) is 15.3. The van der Waals surface area contributed by atoms with Gasteiger partial charge in [0.05, 0.1) is 13.1 Å². The highest BCUT2D eigenvalue weighted by Crippen LogP contribution is 2.37. The third kappa shape index (κ3) is 1.99. The lowest BCUT2D eigenvalue weighted by atomic mass is 9.78. The molecule has 5 rings (SSSR count). The van der Waals surface area contributed by atoms with E-state index in [4.69, 9.17) is 5.10 Å². The number of nitrogens with zero attached hydrogens (tertiary/aromatic N) is 2. The SMILES string of the molecule is CCC(=O)N1N=C2C3CC[NH+](CC3)[C@@H]2[C@H]1c1cccc(F)c1. The lowest BCUT2D eigenvalue weighted by Crippen LogP contribution is -3.20. The Hall–Kier alpha value is -1.75. The van der Waals surface area contributed by atoms with Gasteiger partial charge in [-0.25, -0.2) is 9.40 Å². The van der Waals surface area contributed by atoms with Gasteiger partial charge in [-0.15, -0.1) is 0 Å². The summed E-state index contributed by atoms with van der Waals surface area (Å²) in [4.78, 5) is 13.9. The number of halogens is 1. The van der Waals surface area contributed by atoms with E-state index < -0.39 is 0 Å². The minimum Gasteiger partial charge on any atom is -0.326 e. The van der Waals surface area contributed by atoms with Gasteiger partial charge in [-0.1, -0.05) is 19.1 Å². The number of hydrogen-bond acceptors (Lipinski definition) is 2. The standard InChI is InChI=1S/C17H20FN3O/c1-2-14(22)21-16(12-4-3-5-13(18)10-12)17-15(19-21)11-6-8-20(17)9-7-11/h3-5,10-11,16-17H,2,6-9H2,1H3/p+1/t16-,17+/m1/s1. The van der Waals surface area contributed by atoms with Crippen molar-refractivity contribution in [3.8, 4) is 0 Å². The molecule has 0 spiro atoms. The van der Waals surface area contributed by atoms with E-state index in [0.29, 0.717) is 12.3 Å². The van der Waals surface area contributed by atoms with E-state index >= 15 is 0 Å². The molecule has 4 aliphatic rings. The van der Waals surface area contributed by atoms with Crippen LogP contribution in [0, 0.1) is 11.7 Å². The number of benzene rings is 1. The van der Waals surface area contributed by atoms with Gasteiger partial charge < -0.3 is 4.90 Å². The summed E-state index contributed by atoms with van der Waals surface area (Å²) in [6, 6.07) is 6.73. The monoisotopic (exact) mass is 302 g/mol. The maximum absolute atomic E-state index is 13.7. The zero-order valence-electron chi connectivity index (χ0n) is 12.8. The molecule has 4 heterocycles. The van der Waals surface area contributed by atoms with E-state index in [2.05, 4.69) is 0 Å². The van der Waals surface area contributed by atoms with Crippen LogP contribution in [0.4, 0.5) is 4.39 Å². The first-order valence-corrected chi connectivity index (χ1v) is 8.19. The average molecular weight is 302 g/mol. The lowest BCUT2D eigenvalue weighted by molar-refractivity contribution is -0.927. The number of hydrazone groups is 1. The largest absolute Gasteiger partial charge is 0.326 e. The molecule has 4 nitrogen and oxygen atoms in total. The van der Waals surface area contributed by atoms with Crippen molar-refractivity contribution < 1.29 is 14.1 Å². The van der Waals surface area contributed by atoms with Crippen molar-refractivity contribution in [2.45, 2.75) is 38.3 Å². The van der Waals surface area contributed by atoms with Gasteiger partial charge in [-0.3, -0.25) is 4.79 Å². The number of hydrogen-bond donors (Lipinski definition) is 1. The summed E-state index contributed by atoms with van der Waals surface area (Å²) in [5, 5.41) is 6.35. The number of quaternary nitrogens is 1. The smallest absolute Gasteiger partial charge is 0.243 e. The molecule has 0 saturated carbocycles. The number of piperidine rings is 3. The molecule has 3 fully saturated rings. The summed E-state index contributed by atoms with van der Waals surface area (Å²) in [7, 11) is 0. The first-order chi connectivity index (χ1) is 10.7. The first kappa shape index (κ1) is 13.9. The van der Waals surface area contributed by atoms with Crippen molar-refractivity contribution in [1.82, 2.24) is 5.01 Å². The molecule has 2 bridgehead atoms. The summed E-state index contributed by atoms with van der Waals surface area (Å²) in [5.41, 5.74) is 2.04. The van der Waals surface area contributed by atoms with Crippen LogP contribution < -0.4 is 4.90 Å². The van der Waals surface area contributed by atoms with Crippen LogP contribution >= 0.6 is 0 Å². The van der Waals surface area contributed by atoms with Crippen molar-refractivity contribution in [1.29, 1.82) is 0 Å².